The Morgan fingerprint density at radius 2 is 1.43 bits per heavy atom. The number of benzene rings is 1. The van der Waals surface area contributed by atoms with Crippen LogP contribution in [0.1, 0.15) is 0 Å². The summed E-state index contributed by atoms with van der Waals surface area (Å²) in [5.41, 5.74) is 0.137. The Hall–Kier alpha value is -1.28. The van der Waals surface area contributed by atoms with Crippen molar-refractivity contribution in [3.63, 3.8) is 0 Å². The SMILES string of the molecule is O=[N+]([O-])c1ccccc1.[C-]#[O+].[C-]#[O+].[Rh]. The van der Waals surface area contributed by atoms with Crippen molar-refractivity contribution in [3.8, 4) is 0 Å². The smallest absolute Gasteiger partial charge is 0 e. The summed E-state index contributed by atoms with van der Waals surface area (Å²) in [6.07, 6.45) is 0. The van der Waals surface area contributed by atoms with E-state index in [2.05, 4.69) is 13.3 Å². The largest absolute Gasteiger partial charge is 0 e. The van der Waals surface area contributed by atoms with E-state index in [1.165, 1.54) is 12.1 Å². The molecule has 0 atom stereocenters. The van der Waals surface area contributed by atoms with E-state index in [0.717, 1.165) is 0 Å². The molecule has 6 heteroatoms. The fraction of sp³-hybridized carbons (Fsp3) is 0. The molecule has 75 valence electrons. The molecule has 1 aromatic carbocycles. The first-order valence-electron chi connectivity index (χ1n) is 2.91. The number of hydrogen-bond donors (Lipinski definition) is 0. The van der Waals surface area contributed by atoms with Crippen molar-refractivity contribution in [1.82, 2.24) is 0 Å². The Labute approximate surface area is 93.5 Å². The molecular formula is C8H5NO4Rh. The Kier molecular flexibility index (Phi) is 18.8. The van der Waals surface area contributed by atoms with Gasteiger partial charge in [-0.2, -0.15) is 0 Å². The van der Waals surface area contributed by atoms with Gasteiger partial charge < -0.3 is 0 Å². The van der Waals surface area contributed by atoms with E-state index >= 15 is 0 Å². The van der Waals surface area contributed by atoms with Crippen LogP contribution in [0.25, 0.3) is 0 Å². The number of hydrogen-bond acceptors (Lipinski definition) is 2. The maximum atomic E-state index is 10.0. The van der Waals surface area contributed by atoms with Crippen LogP contribution in [0.3, 0.4) is 0 Å². The first-order chi connectivity index (χ1) is 6.30. The van der Waals surface area contributed by atoms with Gasteiger partial charge in [-0.05, 0) is 0 Å². The van der Waals surface area contributed by atoms with Gasteiger partial charge >= 0.3 is 22.6 Å². The quantitative estimate of drug-likeness (QED) is 0.257. The van der Waals surface area contributed by atoms with Gasteiger partial charge in [0.25, 0.3) is 5.69 Å². The van der Waals surface area contributed by atoms with Crippen molar-refractivity contribution in [2.24, 2.45) is 0 Å². The third-order valence-corrected chi connectivity index (χ3v) is 0.967. The molecule has 0 aromatic heterocycles. The van der Waals surface area contributed by atoms with Gasteiger partial charge in [0, 0.05) is 31.6 Å². The van der Waals surface area contributed by atoms with Gasteiger partial charge in [-0.15, -0.1) is 0 Å². The van der Waals surface area contributed by atoms with E-state index in [-0.39, 0.29) is 25.2 Å². The van der Waals surface area contributed by atoms with Crippen molar-refractivity contribution < 1.29 is 33.7 Å². The molecule has 0 saturated carbocycles. The Balaban J connectivity index is -0.000000216. The summed E-state index contributed by atoms with van der Waals surface area (Å²) in [5.74, 6) is 0. The molecule has 1 rings (SSSR count). The van der Waals surface area contributed by atoms with Crippen LogP contribution in [0.2, 0.25) is 0 Å². The molecule has 1 aromatic rings. The number of rotatable bonds is 1. The summed E-state index contributed by atoms with van der Waals surface area (Å²) in [6, 6.07) is 7.93. The van der Waals surface area contributed by atoms with Gasteiger partial charge in [-0.1, -0.05) is 18.2 Å². The Bertz CT molecular complexity index is 277. The van der Waals surface area contributed by atoms with E-state index in [1.54, 1.807) is 18.2 Å². The fourth-order valence-corrected chi connectivity index (χ4v) is 0.550. The van der Waals surface area contributed by atoms with E-state index < -0.39 is 4.92 Å². The van der Waals surface area contributed by atoms with E-state index in [4.69, 9.17) is 9.30 Å². The van der Waals surface area contributed by atoms with Crippen LogP contribution in [0, 0.1) is 23.4 Å². The minimum absolute atomic E-state index is 0. The van der Waals surface area contributed by atoms with Crippen LogP contribution in [0.5, 0.6) is 0 Å². The molecule has 1 radical (unpaired) electrons. The summed E-state index contributed by atoms with van der Waals surface area (Å²) in [7, 11) is 0. The molecule has 0 heterocycles. The van der Waals surface area contributed by atoms with Crippen molar-refractivity contribution >= 4 is 5.69 Å². The molecule has 0 unspecified atom stereocenters. The summed E-state index contributed by atoms with van der Waals surface area (Å²) in [5, 5.41) is 10.0. The normalized spacial score (nSPS) is 6.00. The fourth-order valence-electron chi connectivity index (χ4n) is 0.550. The second kappa shape index (κ2) is 14.3. The molecule has 0 amide bonds. The number of nitro groups is 1. The molecule has 0 fully saturated rings. The first-order valence-corrected chi connectivity index (χ1v) is 2.91. The zero-order valence-corrected chi connectivity index (χ0v) is 8.44. The van der Waals surface area contributed by atoms with Crippen LogP contribution in [0.4, 0.5) is 5.69 Å². The zero-order valence-electron chi connectivity index (χ0n) is 6.80. The second-order valence-corrected chi connectivity index (χ2v) is 1.59. The van der Waals surface area contributed by atoms with E-state index in [9.17, 15) is 10.1 Å². The molecule has 0 aliphatic heterocycles. The average molecular weight is 282 g/mol. The molecule has 0 saturated heterocycles. The van der Waals surface area contributed by atoms with Crippen LogP contribution >= 0.6 is 0 Å². The van der Waals surface area contributed by atoms with Crippen molar-refractivity contribution in [2.75, 3.05) is 0 Å². The standard InChI is InChI=1S/C6H5NO2.2CO.Rh/c8-7(9)6-4-2-1-3-5-6;2*1-2;/h1-5H;;;. The molecule has 5 nitrogen and oxygen atoms in total. The van der Waals surface area contributed by atoms with Crippen LogP contribution in [-0.2, 0) is 28.8 Å². The Morgan fingerprint density at radius 1 is 1.07 bits per heavy atom. The van der Waals surface area contributed by atoms with Crippen molar-refractivity contribution in [1.29, 1.82) is 0 Å². The number of non-ortho nitro benzene ring substituents is 1. The first kappa shape index (κ1) is 18.5. The zero-order chi connectivity index (χ0) is 10.7. The molecule has 0 N–H and O–H groups in total. The van der Waals surface area contributed by atoms with Gasteiger partial charge in [0.1, 0.15) is 0 Å². The molecular weight excluding hydrogens is 277 g/mol. The average Bonchev–Trinajstić information content (AvgIpc) is 2.25. The minimum Gasteiger partial charge on any atom is 0 e. The minimum atomic E-state index is -0.417. The molecule has 0 spiro atoms. The summed E-state index contributed by atoms with van der Waals surface area (Å²) < 4.78 is 15.0. The predicted molar refractivity (Wildman–Crippen MR) is 41.0 cm³/mol. The van der Waals surface area contributed by atoms with E-state index in [0.29, 0.717) is 0 Å². The van der Waals surface area contributed by atoms with Gasteiger partial charge in [-0.25, -0.2) is 0 Å². The van der Waals surface area contributed by atoms with Gasteiger partial charge in [0.15, 0.2) is 0 Å². The van der Waals surface area contributed by atoms with Gasteiger partial charge in [-0.3, -0.25) is 10.1 Å². The number of nitrogens with zero attached hydrogens (tertiary/aromatic N) is 1. The number of para-hydroxylation sites is 1. The van der Waals surface area contributed by atoms with Gasteiger partial charge in [0.2, 0.25) is 0 Å². The molecule has 0 aliphatic carbocycles. The van der Waals surface area contributed by atoms with E-state index in [1.807, 2.05) is 0 Å². The topological polar surface area (TPSA) is 82.9 Å². The van der Waals surface area contributed by atoms with Gasteiger partial charge in [0.05, 0.1) is 4.92 Å². The van der Waals surface area contributed by atoms with Crippen molar-refractivity contribution in [3.05, 3.63) is 53.7 Å². The molecule has 0 aliphatic rings. The third-order valence-electron chi connectivity index (χ3n) is 0.967. The second-order valence-electron chi connectivity index (χ2n) is 1.59. The van der Waals surface area contributed by atoms with Crippen LogP contribution in [-0.4, -0.2) is 4.92 Å². The maximum absolute atomic E-state index is 10.0. The summed E-state index contributed by atoms with van der Waals surface area (Å²) >= 11 is 0. The Morgan fingerprint density at radius 3 is 1.64 bits per heavy atom. The molecule has 14 heavy (non-hydrogen) atoms. The van der Waals surface area contributed by atoms with Crippen molar-refractivity contribution in [2.45, 2.75) is 0 Å². The third kappa shape index (κ3) is 8.82. The maximum Gasteiger partial charge on any atom is 0 e. The number of nitro benzene ring substituents is 1. The van der Waals surface area contributed by atoms with Crippen LogP contribution < -0.4 is 0 Å². The summed E-state index contributed by atoms with van der Waals surface area (Å²) in [4.78, 5) is 9.59. The predicted octanol–water partition coefficient (Wildman–Crippen LogP) is 1.52. The molecule has 0 bridgehead atoms. The summed E-state index contributed by atoms with van der Waals surface area (Å²) in [6.45, 7) is 9.00. The monoisotopic (exact) mass is 282 g/mol. The van der Waals surface area contributed by atoms with Crippen LogP contribution in [0.15, 0.2) is 30.3 Å².